The van der Waals surface area contributed by atoms with E-state index in [1.54, 1.807) is 37.3 Å². The zero-order chi connectivity index (χ0) is 21.7. The zero-order valence-electron chi connectivity index (χ0n) is 16.0. The third-order valence-electron chi connectivity index (χ3n) is 4.10. The quantitative estimate of drug-likeness (QED) is 0.512. The second-order valence-electron chi connectivity index (χ2n) is 6.34. The van der Waals surface area contributed by atoms with Crippen molar-refractivity contribution in [3.8, 4) is 11.5 Å². The van der Waals surface area contributed by atoms with Gasteiger partial charge in [-0.3, -0.25) is 19.7 Å². The van der Waals surface area contributed by atoms with E-state index in [4.69, 9.17) is 15.2 Å². The van der Waals surface area contributed by atoms with Crippen LogP contribution in [-0.4, -0.2) is 29.8 Å². The van der Waals surface area contributed by atoms with Gasteiger partial charge in [-0.15, -0.1) is 0 Å². The number of carbonyl (C=O) groups excluding carboxylic acids is 3. The molecule has 1 atom stereocenters. The minimum Gasteiger partial charge on any atom is -0.465 e. The Morgan fingerprint density at radius 3 is 2.50 bits per heavy atom. The fraction of sp³-hybridized carbons (Fsp3) is 0.190. The van der Waals surface area contributed by atoms with Gasteiger partial charge in [-0.05, 0) is 61.0 Å². The van der Waals surface area contributed by atoms with E-state index in [2.05, 4.69) is 5.32 Å². The summed E-state index contributed by atoms with van der Waals surface area (Å²) in [5.74, 6) is -0.853. The van der Waals surface area contributed by atoms with Crippen molar-refractivity contribution in [1.29, 1.82) is 0 Å². The van der Waals surface area contributed by atoms with E-state index < -0.39 is 29.0 Å². The molecule has 0 aromatic heterocycles. The summed E-state index contributed by atoms with van der Waals surface area (Å²) in [6.07, 6.45) is 1.64. The molecule has 1 fully saturated rings. The monoisotopic (exact) mass is 430 g/mol. The van der Waals surface area contributed by atoms with E-state index in [-0.39, 0.29) is 22.8 Å². The van der Waals surface area contributed by atoms with Crippen LogP contribution in [0.3, 0.4) is 0 Å². The van der Waals surface area contributed by atoms with Crippen molar-refractivity contribution < 1.29 is 28.2 Å². The summed E-state index contributed by atoms with van der Waals surface area (Å²) < 4.78 is 24.9. The summed E-state index contributed by atoms with van der Waals surface area (Å²) >= 11 is 0.720. The number of ether oxygens (including phenoxy) is 2. The molecule has 2 amide bonds. The first-order chi connectivity index (χ1) is 14.4. The molecule has 9 heteroatoms. The Balaban J connectivity index is 1.65. The van der Waals surface area contributed by atoms with Crippen LogP contribution in [0.4, 0.5) is 9.18 Å². The summed E-state index contributed by atoms with van der Waals surface area (Å²) in [4.78, 5) is 34.5. The van der Waals surface area contributed by atoms with Crippen molar-refractivity contribution in [2.24, 2.45) is 5.73 Å². The first-order valence-electron chi connectivity index (χ1n) is 9.09. The number of imide groups is 1. The van der Waals surface area contributed by atoms with Crippen LogP contribution in [0.5, 0.6) is 11.5 Å². The molecular weight excluding hydrogens is 411 g/mol. The number of benzene rings is 2. The molecule has 0 radical (unpaired) electrons. The number of thioether (sulfide) groups is 1. The lowest BCUT2D eigenvalue weighted by atomic mass is 10.1. The lowest BCUT2D eigenvalue weighted by Crippen LogP contribution is -2.34. The number of nitrogens with two attached hydrogens (primary N) is 1. The molecule has 1 aliphatic rings. The minimum atomic E-state index is -0.747. The summed E-state index contributed by atoms with van der Waals surface area (Å²) in [6, 6.07) is 10.4. The second kappa shape index (κ2) is 9.55. The highest BCUT2D eigenvalue weighted by molar-refractivity contribution is 8.18. The van der Waals surface area contributed by atoms with Crippen molar-refractivity contribution in [3.05, 3.63) is 64.3 Å². The molecule has 1 aliphatic heterocycles. The van der Waals surface area contributed by atoms with Crippen LogP contribution in [0.2, 0.25) is 0 Å². The largest absolute Gasteiger partial charge is 0.465 e. The highest BCUT2D eigenvalue weighted by atomic mass is 32.2. The van der Waals surface area contributed by atoms with Crippen molar-refractivity contribution in [1.82, 2.24) is 5.32 Å². The molecular formula is C21H19FN2O5S. The fourth-order valence-corrected chi connectivity index (χ4v) is 3.34. The summed E-state index contributed by atoms with van der Waals surface area (Å²) in [5, 5.41) is 1.63. The highest BCUT2D eigenvalue weighted by Gasteiger charge is 2.25. The Labute approximate surface area is 176 Å². The van der Waals surface area contributed by atoms with E-state index in [9.17, 15) is 18.8 Å². The number of nitrogens with one attached hydrogen (secondary N) is 1. The molecule has 156 valence electrons. The number of rotatable bonds is 7. The van der Waals surface area contributed by atoms with Crippen LogP contribution >= 0.6 is 11.8 Å². The summed E-state index contributed by atoms with van der Waals surface area (Å²) in [7, 11) is 0. The minimum absolute atomic E-state index is 0.129. The van der Waals surface area contributed by atoms with Gasteiger partial charge < -0.3 is 15.2 Å². The normalized spacial score (nSPS) is 15.8. The molecule has 3 N–H and O–H groups in total. The number of hydrogen-bond donors (Lipinski definition) is 2. The van der Waals surface area contributed by atoms with E-state index >= 15 is 0 Å². The molecule has 0 saturated carbocycles. The highest BCUT2D eigenvalue weighted by Crippen LogP contribution is 2.29. The maximum atomic E-state index is 14.4. The Kier molecular flexibility index (Phi) is 6.86. The lowest BCUT2D eigenvalue weighted by Gasteiger charge is -2.11. The number of esters is 1. The topological polar surface area (TPSA) is 108 Å². The predicted molar refractivity (Wildman–Crippen MR) is 110 cm³/mol. The van der Waals surface area contributed by atoms with Gasteiger partial charge in [0.1, 0.15) is 23.4 Å². The zero-order valence-corrected chi connectivity index (χ0v) is 16.8. The Morgan fingerprint density at radius 1 is 1.20 bits per heavy atom. The first kappa shape index (κ1) is 21.5. The molecule has 30 heavy (non-hydrogen) atoms. The van der Waals surface area contributed by atoms with E-state index in [1.165, 1.54) is 18.2 Å². The van der Waals surface area contributed by atoms with Gasteiger partial charge in [-0.2, -0.15) is 0 Å². The van der Waals surface area contributed by atoms with Crippen LogP contribution in [0, 0.1) is 5.82 Å². The summed E-state index contributed by atoms with van der Waals surface area (Å²) in [5.41, 5.74) is 6.80. The van der Waals surface area contributed by atoms with Crippen molar-refractivity contribution in [3.63, 3.8) is 0 Å². The van der Waals surface area contributed by atoms with E-state index in [1.807, 2.05) is 0 Å². The van der Waals surface area contributed by atoms with Gasteiger partial charge in [-0.1, -0.05) is 12.1 Å². The third-order valence-corrected chi connectivity index (χ3v) is 4.92. The van der Waals surface area contributed by atoms with Crippen LogP contribution in [-0.2, 0) is 20.7 Å². The van der Waals surface area contributed by atoms with Gasteiger partial charge in [0.2, 0.25) is 0 Å². The molecule has 2 aromatic rings. The average Bonchev–Trinajstić information content (AvgIpc) is 3.02. The number of amides is 2. The van der Waals surface area contributed by atoms with Gasteiger partial charge in [0.05, 0.1) is 11.5 Å². The van der Waals surface area contributed by atoms with Crippen molar-refractivity contribution in [2.75, 3.05) is 6.61 Å². The van der Waals surface area contributed by atoms with Crippen LogP contribution in [0.25, 0.3) is 6.08 Å². The number of hydrogen-bond acceptors (Lipinski definition) is 7. The average molecular weight is 430 g/mol. The number of halogens is 1. The Morgan fingerprint density at radius 2 is 1.90 bits per heavy atom. The maximum Gasteiger partial charge on any atom is 0.323 e. The van der Waals surface area contributed by atoms with Gasteiger partial charge in [0, 0.05) is 11.6 Å². The third kappa shape index (κ3) is 5.46. The van der Waals surface area contributed by atoms with Gasteiger partial charge in [-0.25, -0.2) is 4.39 Å². The molecule has 0 spiro atoms. The molecule has 1 saturated heterocycles. The maximum absolute atomic E-state index is 14.4. The predicted octanol–water partition coefficient (Wildman–Crippen LogP) is 3.37. The van der Waals surface area contributed by atoms with Crippen LogP contribution in [0.15, 0.2) is 47.4 Å². The molecule has 0 aliphatic carbocycles. The Bertz CT molecular complexity index is 1010. The second-order valence-corrected chi connectivity index (χ2v) is 7.36. The van der Waals surface area contributed by atoms with E-state index in [0.29, 0.717) is 12.2 Å². The molecule has 2 aromatic carbocycles. The van der Waals surface area contributed by atoms with E-state index in [0.717, 1.165) is 17.3 Å². The van der Waals surface area contributed by atoms with Gasteiger partial charge in [0.25, 0.3) is 11.1 Å². The molecule has 1 unspecified atom stereocenters. The van der Waals surface area contributed by atoms with Crippen molar-refractivity contribution >= 4 is 35.0 Å². The van der Waals surface area contributed by atoms with Crippen LogP contribution < -0.4 is 15.8 Å². The SMILES string of the molecule is CCOC(=O)C(N)Cc1ccc(Oc2ccc(C=C3SC(=O)NC3=O)c(F)c2)cc1. The van der Waals surface area contributed by atoms with Crippen LogP contribution in [0.1, 0.15) is 18.1 Å². The Hall–Kier alpha value is -3.17. The first-order valence-corrected chi connectivity index (χ1v) is 9.90. The molecule has 7 nitrogen and oxygen atoms in total. The lowest BCUT2D eigenvalue weighted by molar-refractivity contribution is -0.144. The molecule has 0 bridgehead atoms. The van der Waals surface area contributed by atoms with Crippen molar-refractivity contribution in [2.45, 2.75) is 19.4 Å². The van der Waals surface area contributed by atoms with Gasteiger partial charge >= 0.3 is 5.97 Å². The molecule has 1 heterocycles. The number of carbonyl (C=O) groups is 3. The summed E-state index contributed by atoms with van der Waals surface area (Å²) in [6.45, 7) is 1.99. The smallest absolute Gasteiger partial charge is 0.323 e. The molecule has 3 rings (SSSR count). The fourth-order valence-electron chi connectivity index (χ4n) is 2.67. The van der Waals surface area contributed by atoms with Gasteiger partial charge in [0.15, 0.2) is 0 Å². The standard InChI is InChI=1S/C21H19FN2O5S/c1-2-28-20(26)17(23)9-12-3-6-14(7-4-12)29-15-8-5-13(16(22)11-15)10-18-19(25)24-21(27)30-18/h3-8,10-11,17H,2,9,23H2,1H3,(H,24,25,27).